The quantitative estimate of drug-likeness (QED) is 0.373. The summed E-state index contributed by atoms with van der Waals surface area (Å²) < 4.78 is 0. The molecule has 0 bridgehead atoms. The van der Waals surface area contributed by atoms with Crippen molar-refractivity contribution in [1.82, 2.24) is 5.32 Å². The Morgan fingerprint density at radius 1 is 1.64 bits per heavy atom. The lowest BCUT2D eigenvalue weighted by Crippen LogP contribution is -2.31. The van der Waals surface area contributed by atoms with Gasteiger partial charge in [0.25, 0.3) is 0 Å². The Morgan fingerprint density at radius 3 is 2.36 bits per heavy atom. The Bertz CT molecular complexity index is 166. The fourth-order valence-corrected chi connectivity index (χ4v) is 0.328. The monoisotopic (exact) mass is 176 g/mol. The van der Waals surface area contributed by atoms with Crippen LogP contribution in [-0.4, -0.2) is 11.7 Å². The zero-order valence-corrected chi connectivity index (χ0v) is 7.49. The van der Waals surface area contributed by atoms with Crippen LogP contribution in [0.2, 0.25) is 0 Å². The SMILES string of the molecule is C=CC(=O)NC(=N)C(C)C.Cl. The standard InChI is InChI=1S/C7H12N2O.ClH/c1-4-6(10)9-7(8)5(2)3;/h4-5H,1H2,2-3H3,(H2,8,9,10);1H. The molecule has 0 spiro atoms. The fourth-order valence-electron chi connectivity index (χ4n) is 0.328. The minimum atomic E-state index is -0.321. The van der Waals surface area contributed by atoms with Crippen molar-refractivity contribution in [3.05, 3.63) is 12.7 Å². The van der Waals surface area contributed by atoms with Crippen LogP contribution in [0.15, 0.2) is 12.7 Å². The highest BCUT2D eigenvalue weighted by Crippen LogP contribution is 1.90. The summed E-state index contributed by atoms with van der Waals surface area (Å²) in [5, 5.41) is 9.55. The van der Waals surface area contributed by atoms with Crippen LogP contribution in [-0.2, 0) is 4.79 Å². The minimum absolute atomic E-state index is 0. The molecule has 0 aliphatic rings. The number of amidine groups is 1. The molecule has 0 atom stereocenters. The molecule has 0 aliphatic heterocycles. The lowest BCUT2D eigenvalue weighted by molar-refractivity contribution is -0.115. The van der Waals surface area contributed by atoms with Crippen molar-refractivity contribution in [1.29, 1.82) is 5.41 Å². The van der Waals surface area contributed by atoms with Crippen LogP contribution in [0.25, 0.3) is 0 Å². The first kappa shape index (κ1) is 12.8. The average molecular weight is 177 g/mol. The zero-order valence-electron chi connectivity index (χ0n) is 6.68. The number of rotatable bonds is 2. The third-order valence-electron chi connectivity index (χ3n) is 1.02. The average Bonchev–Trinajstić information content (AvgIpc) is 1.87. The summed E-state index contributed by atoms with van der Waals surface area (Å²) in [6, 6.07) is 0. The molecule has 64 valence electrons. The van der Waals surface area contributed by atoms with Crippen molar-refractivity contribution >= 4 is 24.1 Å². The van der Waals surface area contributed by atoms with Gasteiger partial charge in [-0.2, -0.15) is 0 Å². The van der Waals surface area contributed by atoms with Gasteiger partial charge in [0, 0.05) is 5.92 Å². The smallest absolute Gasteiger partial charge is 0.248 e. The first-order valence-electron chi connectivity index (χ1n) is 3.09. The molecule has 0 saturated heterocycles. The van der Waals surface area contributed by atoms with Gasteiger partial charge in [0.2, 0.25) is 5.91 Å². The highest BCUT2D eigenvalue weighted by molar-refractivity contribution is 6.02. The summed E-state index contributed by atoms with van der Waals surface area (Å²) >= 11 is 0. The summed E-state index contributed by atoms with van der Waals surface area (Å²) in [6.07, 6.45) is 1.15. The second-order valence-electron chi connectivity index (χ2n) is 2.26. The highest BCUT2D eigenvalue weighted by Gasteiger charge is 2.03. The molecule has 0 fully saturated rings. The molecule has 3 nitrogen and oxygen atoms in total. The Balaban J connectivity index is 0. The van der Waals surface area contributed by atoms with E-state index >= 15 is 0 Å². The Hall–Kier alpha value is -0.830. The fraction of sp³-hybridized carbons (Fsp3) is 0.429. The maximum atomic E-state index is 10.6. The van der Waals surface area contributed by atoms with Gasteiger partial charge < -0.3 is 5.32 Å². The molecular weight excluding hydrogens is 164 g/mol. The van der Waals surface area contributed by atoms with E-state index in [4.69, 9.17) is 5.41 Å². The maximum absolute atomic E-state index is 10.6. The summed E-state index contributed by atoms with van der Waals surface area (Å²) in [5.41, 5.74) is 0. The second-order valence-corrected chi connectivity index (χ2v) is 2.26. The van der Waals surface area contributed by atoms with Gasteiger partial charge in [0.1, 0.15) is 5.84 Å². The number of hydrogen-bond donors (Lipinski definition) is 2. The first-order valence-corrected chi connectivity index (χ1v) is 3.09. The lowest BCUT2D eigenvalue weighted by atomic mass is 10.2. The first-order chi connectivity index (χ1) is 4.57. The summed E-state index contributed by atoms with van der Waals surface area (Å²) in [7, 11) is 0. The number of carbonyl (C=O) groups is 1. The van der Waals surface area contributed by atoms with E-state index in [2.05, 4.69) is 11.9 Å². The van der Waals surface area contributed by atoms with E-state index in [1.54, 1.807) is 0 Å². The van der Waals surface area contributed by atoms with Crippen LogP contribution in [0.5, 0.6) is 0 Å². The van der Waals surface area contributed by atoms with E-state index in [9.17, 15) is 4.79 Å². The van der Waals surface area contributed by atoms with Gasteiger partial charge in [-0.05, 0) is 6.08 Å². The molecular formula is C7H13ClN2O. The predicted octanol–water partition coefficient (Wildman–Crippen LogP) is 1.34. The van der Waals surface area contributed by atoms with Crippen molar-refractivity contribution in [2.75, 3.05) is 0 Å². The Labute approximate surface area is 72.8 Å². The number of hydrogen-bond acceptors (Lipinski definition) is 2. The van der Waals surface area contributed by atoms with Crippen LogP contribution >= 0.6 is 12.4 Å². The van der Waals surface area contributed by atoms with Crippen molar-refractivity contribution < 1.29 is 4.79 Å². The molecule has 0 aromatic heterocycles. The van der Waals surface area contributed by atoms with Gasteiger partial charge >= 0.3 is 0 Å². The van der Waals surface area contributed by atoms with Gasteiger partial charge in [-0.25, -0.2) is 0 Å². The zero-order chi connectivity index (χ0) is 8.15. The molecule has 0 aliphatic carbocycles. The van der Waals surface area contributed by atoms with Gasteiger partial charge in [0.15, 0.2) is 0 Å². The normalized spacial score (nSPS) is 8.27. The molecule has 0 radical (unpaired) electrons. The minimum Gasteiger partial charge on any atom is -0.311 e. The predicted molar refractivity (Wildman–Crippen MR) is 48.2 cm³/mol. The van der Waals surface area contributed by atoms with E-state index in [0.29, 0.717) is 0 Å². The van der Waals surface area contributed by atoms with Crippen LogP contribution < -0.4 is 5.32 Å². The van der Waals surface area contributed by atoms with E-state index in [1.807, 2.05) is 13.8 Å². The van der Waals surface area contributed by atoms with Gasteiger partial charge in [-0.15, -0.1) is 12.4 Å². The summed E-state index contributed by atoms with van der Waals surface area (Å²) in [5.74, 6) is -0.0347. The van der Waals surface area contributed by atoms with E-state index in [-0.39, 0.29) is 30.1 Å². The van der Waals surface area contributed by atoms with Crippen LogP contribution in [0.3, 0.4) is 0 Å². The van der Waals surface area contributed by atoms with E-state index in [0.717, 1.165) is 6.08 Å². The molecule has 0 rings (SSSR count). The van der Waals surface area contributed by atoms with E-state index < -0.39 is 0 Å². The number of amides is 1. The second kappa shape index (κ2) is 5.92. The van der Waals surface area contributed by atoms with Gasteiger partial charge in [0.05, 0.1) is 0 Å². The van der Waals surface area contributed by atoms with Crippen LogP contribution in [0.1, 0.15) is 13.8 Å². The van der Waals surface area contributed by atoms with E-state index in [1.165, 1.54) is 0 Å². The van der Waals surface area contributed by atoms with Gasteiger partial charge in [-0.3, -0.25) is 10.2 Å². The topological polar surface area (TPSA) is 53.0 Å². The lowest BCUT2D eigenvalue weighted by Gasteiger charge is -2.06. The van der Waals surface area contributed by atoms with Crippen LogP contribution in [0, 0.1) is 11.3 Å². The molecule has 1 amide bonds. The Kier molecular flexibility index (Phi) is 6.89. The molecule has 0 unspecified atom stereocenters. The largest absolute Gasteiger partial charge is 0.311 e. The molecule has 0 aromatic carbocycles. The number of carbonyl (C=O) groups excluding carboxylic acids is 1. The van der Waals surface area contributed by atoms with Gasteiger partial charge in [-0.1, -0.05) is 20.4 Å². The maximum Gasteiger partial charge on any atom is 0.248 e. The van der Waals surface area contributed by atoms with Crippen molar-refractivity contribution in [3.8, 4) is 0 Å². The molecule has 4 heteroatoms. The highest BCUT2D eigenvalue weighted by atomic mass is 35.5. The molecule has 0 saturated carbocycles. The van der Waals surface area contributed by atoms with Crippen molar-refractivity contribution in [2.24, 2.45) is 5.92 Å². The third-order valence-corrected chi connectivity index (χ3v) is 1.02. The van der Waals surface area contributed by atoms with Crippen molar-refractivity contribution in [3.63, 3.8) is 0 Å². The number of nitrogens with one attached hydrogen (secondary N) is 2. The third kappa shape index (κ3) is 5.61. The molecule has 0 aromatic rings. The van der Waals surface area contributed by atoms with Crippen molar-refractivity contribution in [2.45, 2.75) is 13.8 Å². The molecule has 2 N–H and O–H groups in total. The molecule has 0 heterocycles. The summed E-state index contributed by atoms with van der Waals surface area (Å²) in [6.45, 7) is 6.94. The number of halogens is 1. The molecule has 11 heavy (non-hydrogen) atoms. The van der Waals surface area contributed by atoms with Crippen LogP contribution in [0.4, 0.5) is 0 Å². The Morgan fingerprint density at radius 2 is 2.09 bits per heavy atom. The summed E-state index contributed by atoms with van der Waals surface area (Å²) in [4.78, 5) is 10.6.